The molecule has 114 valence electrons. The van der Waals surface area contributed by atoms with Crippen LogP contribution in [-0.4, -0.2) is 30.7 Å². The molecule has 0 aromatic rings. The maximum atomic E-state index is 12.6. The molecule has 0 saturated heterocycles. The van der Waals surface area contributed by atoms with E-state index in [2.05, 4.69) is 11.9 Å². The number of rotatable bonds is 4. The maximum absolute atomic E-state index is 12.6. The molecule has 1 N–H and O–H groups in total. The van der Waals surface area contributed by atoms with Crippen molar-refractivity contribution in [3.63, 3.8) is 0 Å². The lowest BCUT2D eigenvalue weighted by Crippen LogP contribution is -2.39. The average Bonchev–Trinajstić information content (AvgIpc) is 2.48. The topological polar surface area (TPSA) is 73.9 Å². The molecule has 7 heteroatoms. The first-order chi connectivity index (χ1) is 9.27. The normalized spacial score (nSPS) is 26.6. The fourth-order valence-electron chi connectivity index (χ4n) is 1.52. The lowest BCUT2D eigenvalue weighted by molar-refractivity contribution is 0.0511. The van der Waals surface area contributed by atoms with E-state index in [0.717, 1.165) is 0 Å². The Morgan fingerprint density at radius 2 is 2.25 bits per heavy atom. The molecular formula is C13H22NO5P. The van der Waals surface area contributed by atoms with Crippen molar-refractivity contribution in [3.8, 4) is 0 Å². The van der Waals surface area contributed by atoms with Crippen molar-refractivity contribution in [2.75, 3.05) is 13.2 Å². The van der Waals surface area contributed by atoms with Crippen LogP contribution in [0.3, 0.4) is 0 Å². The molecule has 0 unspecified atom stereocenters. The molecule has 0 radical (unpaired) electrons. The van der Waals surface area contributed by atoms with Gasteiger partial charge < -0.3 is 19.1 Å². The van der Waals surface area contributed by atoms with Crippen molar-refractivity contribution in [2.24, 2.45) is 0 Å². The quantitative estimate of drug-likeness (QED) is 0.637. The Bertz CT molecular complexity index is 427. The highest BCUT2D eigenvalue weighted by Crippen LogP contribution is 2.54. The highest BCUT2D eigenvalue weighted by molar-refractivity contribution is 7.54. The molecule has 1 aliphatic heterocycles. The van der Waals surface area contributed by atoms with E-state index in [-0.39, 0.29) is 13.2 Å². The lowest BCUT2D eigenvalue weighted by Gasteiger charge is -2.27. The van der Waals surface area contributed by atoms with E-state index in [1.165, 1.54) is 6.08 Å². The van der Waals surface area contributed by atoms with Gasteiger partial charge in [0.2, 0.25) is 0 Å². The first-order valence-corrected chi connectivity index (χ1v) is 8.02. The number of amides is 1. The molecular weight excluding hydrogens is 281 g/mol. The number of nitrogens with one attached hydrogen (secondary N) is 1. The van der Waals surface area contributed by atoms with Crippen LogP contribution < -0.4 is 5.32 Å². The monoisotopic (exact) mass is 303 g/mol. The minimum atomic E-state index is -3.45. The minimum absolute atomic E-state index is 0.0871. The number of ether oxygens (including phenoxy) is 1. The predicted molar refractivity (Wildman–Crippen MR) is 76.6 cm³/mol. The molecule has 2 atom stereocenters. The van der Waals surface area contributed by atoms with Gasteiger partial charge in [-0.3, -0.25) is 4.57 Å². The summed E-state index contributed by atoms with van der Waals surface area (Å²) in [5.41, 5.74) is -0.628. The molecule has 6 nitrogen and oxygen atoms in total. The van der Waals surface area contributed by atoms with E-state index >= 15 is 0 Å². The van der Waals surface area contributed by atoms with Crippen LogP contribution in [0.5, 0.6) is 0 Å². The standard InChI is InChI=1S/C13H22NO5P/c1-5-9-17-20(16)11(8-6-7-10-18-20)14-12(15)19-13(2,3)4/h5-7,11H,1,8-10H2,2-4H3,(H,14,15)/t11-,20+/m0/s1. The zero-order chi connectivity index (χ0) is 15.2. The smallest absolute Gasteiger partial charge is 0.408 e. The van der Waals surface area contributed by atoms with Gasteiger partial charge in [-0.2, -0.15) is 0 Å². The number of alkyl carbamates (subject to hydrolysis) is 1. The van der Waals surface area contributed by atoms with E-state index in [1.807, 2.05) is 0 Å². The summed E-state index contributed by atoms with van der Waals surface area (Å²) >= 11 is 0. The summed E-state index contributed by atoms with van der Waals surface area (Å²) in [6.07, 6.45) is 4.71. The predicted octanol–water partition coefficient (Wildman–Crippen LogP) is 3.21. The van der Waals surface area contributed by atoms with Crippen LogP contribution >= 0.6 is 7.60 Å². The summed E-state index contributed by atoms with van der Waals surface area (Å²) in [7, 11) is -3.45. The molecule has 1 heterocycles. The third-order valence-corrected chi connectivity index (χ3v) is 4.44. The number of carbonyl (C=O) groups excluding carboxylic acids is 1. The fraction of sp³-hybridized carbons (Fsp3) is 0.615. The van der Waals surface area contributed by atoms with Gasteiger partial charge in [-0.15, -0.1) is 6.58 Å². The van der Waals surface area contributed by atoms with Gasteiger partial charge in [-0.05, 0) is 27.2 Å². The summed E-state index contributed by atoms with van der Waals surface area (Å²) in [5.74, 6) is -0.768. The van der Waals surface area contributed by atoms with Crippen LogP contribution in [0.15, 0.2) is 24.8 Å². The Hall–Kier alpha value is -1.10. The molecule has 0 aromatic heterocycles. The first-order valence-electron chi connectivity index (χ1n) is 6.41. The minimum Gasteiger partial charge on any atom is -0.444 e. The van der Waals surface area contributed by atoms with Gasteiger partial charge in [0.25, 0.3) is 0 Å². The second kappa shape index (κ2) is 7.07. The highest BCUT2D eigenvalue weighted by Gasteiger charge is 2.38. The summed E-state index contributed by atoms with van der Waals surface area (Å²) < 4.78 is 28.3. The van der Waals surface area contributed by atoms with Crippen LogP contribution in [0.25, 0.3) is 0 Å². The van der Waals surface area contributed by atoms with E-state index in [9.17, 15) is 9.36 Å². The Kier molecular flexibility index (Phi) is 5.99. The molecule has 0 aliphatic carbocycles. The van der Waals surface area contributed by atoms with Crippen molar-refractivity contribution in [1.29, 1.82) is 0 Å². The van der Waals surface area contributed by atoms with Crippen LogP contribution in [0.1, 0.15) is 27.2 Å². The molecule has 1 aliphatic rings. The molecule has 20 heavy (non-hydrogen) atoms. The van der Waals surface area contributed by atoms with E-state index < -0.39 is 25.1 Å². The molecule has 0 bridgehead atoms. The van der Waals surface area contributed by atoms with Gasteiger partial charge in [-0.25, -0.2) is 4.79 Å². The van der Waals surface area contributed by atoms with Crippen molar-refractivity contribution >= 4 is 13.7 Å². The summed E-state index contributed by atoms with van der Waals surface area (Å²) in [6.45, 7) is 9.03. The Balaban J connectivity index is 2.75. The Morgan fingerprint density at radius 1 is 1.55 bits per heavy atom. The van der Waals surface area contributed by atoms with Gasteiger partial charge in [0.15, 0.2) is 0 Å². The number of hydrogen-bond donors (Lipinski definition) is 1. The molecule has 1 amide bonds. The molecule has 0 spiro atoms. The SMILES string of the molecule is C=CCO[P@@]1(=O)OCC=CC[C@H]1NC(=O)OC(C)(C)C. The first kappa shape index (κ1) is 17.0. The van der Waals surface area contributed by atoms with E-state index in [1.54, 1.807) is 32.9 Å². The number of carbonyl (C=O) groups is 1. The molecule has 0 saturated carbocycles. The highest BCUT2D eigenvalue weighted by atomic mass is 31.2. The second-order valence-corrected chi connectivity index (χ2v) is 7.51. The van der Waals surface area contributed by atoms with Crippen LogP contribution in [0.2, 0.25) is 0 Å². The maximum Gasteiger partial charge on any atom is 0.408 e. The Morgan fingerprint density at radius 3 is 2.85 bits per heavy atom. The van der Waals surface area contributed by atoms with Crippen LogP contribution in [-0.2, 0) is 18.3 Å². The van der Waals surface area contributed by atoms with Crippen LogP contribution in [0, 0.1) is 0 Å². The summed E-state index contributed by atoms with van der Waals surface area (Å²) in [6, 6.07) is 0. The Labute approximate surface area is 119 Å². The van der Waals surface area contributed by atoms with E-state index in [4.69, 9.17) is 13.8 Å². The largest absolute Gasteiger partial charge is 0.444 e. The zero-order valence-electron chi connectivity index (χ0n) is 12.1. The zero-order valence-corrected chi connectivity index (χ0v) is 13.0. The van der Waals surface area contributed by atoms with E-state index in [0.29, 0.717) is 6.42 Å². The molecule has 0 aromatic carbocycles. The van der Waals surface area contributed by atoms with Gasteiger partial charge >= 0.3 is 13.7 Å². The third kappa shape index (κ3) is 5.49. The summed E-state index contributed by atoms with van der Waals surface area (Å²) in [5, 5.41) is 2.56. The van der Waals surface area contributed by atoms with Crippen molar-refractivity contribution in [3.05, 3.63) is 24.8 Å². The number of hydrogen-bond acceptors (Lipinski definition) is 5. The molecule has 1 rings (SSSR count). The van der Waals surface area contributed by atoms with Gasteiger partial charge in [-0.1, -0.05) is 18.2 Å². The lowest BCUT2D eigenvalue weighted by atomic mass is 10.2. The summed E-state index contributed by atoms with van der Waals surface area (Å²) in [4.78, 5) is 11.8. The van der Waals surface area contributed by atoms with Crippen molar-refractivity contribution < 1.29 is 23.1 Å². The van der Waals surface area contributed by atoms with Crippen molar-refractivity contribution in [1.82, 2.24) is 5.32 Å². The van der Waals surface area contributed by atoms with Gasteiger partial charge in [0.1, 0.15) is 11.4 Å². The average molecular weight is 303 g/mol. The van der Waals surface area contributed by atoms with Crippen LogP contribution in [0.4, 0.5) is 4.79 Å². The molecule has 0 fully saturated rings. The fourth-order valence-corrected chi connectivity index (χ4v) is 3.21. The van der Waals surface area contributed by atoms with Gasteiger partial charge in [0, 0.05) is 0 Å². The van der Waals surface area contributed by atoms with Gasteiger partial charge in [0.05, 0.1) is 13.2 Å². The van der Waals surface area contributed by atoms with Crippen molar-refractivity contribution in [2.45, 2.75) is 38.6 Å². The second-order valence-electron chi connectivity index (χ2n) is 5.29. The third-order valence-electron chi connectivity index (χ3n) is 2.31.